The number of likely N-dealkylation sites (tertiary alicyclic amines) is 1. The molecule has 1 unspecified atom stereocenters. The highest BCUT2D eigenvalue weighted by molar-refractivity contribution is 6.33. The summed E-state index contributed by atoms with van der Waals surface area (Å²) in [7, 11) is 0. The Morgan fingerprint density at radius 1 is 1.40 bits per heavy atom. The van der Waals surface area contributed by atoms with Crippen LogP contribution in [-0.4, -0.2) is 40.4 Å². The fourth-order valence-corrected chi connectivity index (χ4v) is 2.28. The van der Waals surface area contributed by atoms with E-state index in [-0.39, 0.29) is 25.3 Å². The summed E-state index contributed by atoms with van der Waals surface area (Å²) in [5, 5.41) is 11.9. The van der Waals surface area contributed by atoms with Crippen molar-refractivity contribution >= 4 is 35.1 Å². The molecule has 0 radical (unpaired) electrons. The first kappa shape index (κ1) is 14.3. The highest BCUT2D eigenvalue weighted by Gasteiger charge is 2.36. The standard InChI is InChI=1S/C13H13ClN2O4/c14-8-3-1-2-4-9(8)15-11(17)7-16-10(13(19)20)5-6-12(16)18/h1-4,10H,5-7H2,(H,15,17)(H,19,20). The van der Waals surface area contributed by atoms with Gasteiger partial charge >= 0.3 is 5.97 Å². The maximum absolute atomic E-state index is 11.9. The highest BCUT2D eigenvalue weighted by atomic mass is 35.5. The van der Waals surface area contributed by atoms with Crippen LogP contribution in [-0.2, 0) is 14.4 Å². The van der Waals surface area contributed by atoms with Crippen molar-refractivity contribution in [2.24, 2.45) is 0 Å². The van der Waals surface area contributed by atoms with Gasteiger partial charge in [0.1, 0.15) is 12.6 Å². The number of halogens is 1. The summed E-state index contributed by atoms with van der Waals surface area (Å²) in [6.45, 7) is -0.291. The van der Waals surface area contributed by atoms with Crippen molar-refractivity contribution in [2.45, 2.75) is 18.9 Å². The van der Waals surface area contributed by atoms with Gasteiger partial charge in [-0.2, -0.15) is 0 Å². The minimum atomic E-state index is -1.10. The van der Waals surface area contributed by atoms with Gasteiger partial charge in [0.15, 0.2) is 0 Å². The fraction of sp³-hybridized carbons (Fsp3) is 0.308. The average Bonchev–Trinajstić information content (AvgIpc) is 2.74. The summed E-state index contributed by atoms with van der Waals surface area (Å²) in [5.74, 6) is -1.90. The largest absolute Gasteiger partial charge is 0.480 e. The molecule has 2 N–H and O–H groups in total. The monoisotopic (exact) mass is 296 g/mol. The normalized spacial score (nSPS) is 18.1. The zero-order valence-corrected chi connectivity index (χ0v) is 11.3. The SMILES string of the molecule is O=C(CN1C(=O)CCC1C(=O)O)Nc1ccccc1Cl. The molecular formula is C13H13ClN2O4. The topological polar surface area (TPSA) is 86.7 Å². The predicted molar refractivity (Wildman–Crippen MR) is 72.5 cm³/mol. The number of amides is 2. The van der Waals surface area contributed by atoms with Crippen molar-refractivity contribution in [3.05, 3.63) is 29.3 Å². The molecule has 1 fully saturated rings. The van der Waals surface area contributed by atoms with Gasteiger partial charge in [0.05, 0.1) is 10.7 Å². The fourth-order valence-electron chi connectivity index (χ4n) is 2.10. The molecule has 20 heavy (non-hydrogen) atoms. The maximum Gasteiger partial charge on any atom is 0.326 e. The molecule has 1 aliphatic rings. The average molecular weight is 297 g/mol. The van der Waals surface area contributed by atoms with Gasteiger partial charge in [-0.25, -0.2) is 4.79 Å². The van der Waals surface area contributed by atoms with E-state index in [1.54, 1.807) is 24.3 Å². The zero-order valence-electron chi connectivity index (χ0n) is 10.5. The second-order valence-electron chi connectivity index (χ2n) is 4.44. The van der Waals surface area contributed by atoms with Crippen molar-refractivity contribution in [1.82, 2.24) is 4.90 Å². The van der Waals surface area contributed by atoms with Crippen LogP contribution < -0.4 is 5.32 Å². The molecule has 106 valence electrons. The van der Waals surface area contributed by atoms with Crippen LogP contribution in [0.25, 0.3) is 0 Å². The highest BCUT2D eigenvalue weighted by Crippen LogP contribution is 2.22. The van der Waals surface area contributed by atoms with Gasteiger partial charge in [0.2, 0.25) is 11.8 Å². The first-order valence-electron chi connectivity index (χ1n) is 6.05. The van der Waals surface area contributed by atoms with Crippen molar-refractivity contribution in [3.8, 4) is 0 Å². The lowest BCUT2D eigenvalue weighted by Crippen LogP contribution is -2.43. The number of hydrogen-bond acceptors (Lipinski definition) is 3. The molecule has 2 amide bonds. The minimum Gasteiger partial charge on any atom is -0.480 e. The van der Waals surface area contributed by atoms with Gasteiger partial charge in [-0.05, 0) is 18.6 Å². The molecule has 1 saturated heterocycles. The number of nitrogens with zero attached hydrogens (tertiary/aromatic N) is 1. The third-order valence-corrected chi connectivity index (χ3v) is 3.40. The van der Waals surface area contributed by atoms with Crippen LogP contribution in [0.2, 0.25) is 5.02 Å². The van der Waals surface area contributed by atoms with Crippen LogP contribution in [0, 0.1) is 0 Å². The Bertz CT molecular complexity index is 561. The number of carbonyl (C=O) groups excluding carboxylic acids is 2. The Hall–Kier alpha value is -2.08. The number of carbonyl (C=O) groups is 3. The molecule has 0 bridgehead atoms. The van der Waals surface area contributed by atoms with E-state index in [4.69, 9.17) is 16.7 Å². The number of nitrogens with one attached hydrogen (secondary N) is 1. The minimum absolute atomic E-state index is 0.149. The van der Waals surface area contributed by atoms with Gasteiger partial charge < -0.3 is 15.3 Å². The summed E-state index contributed by atoms with van der Waals surface area (Å²) in [5.41, 5.74) is 0.428. The summed E-state index contributed by atoms with van der Waals surface area (Å²) in [6, 6.07) is 5.75. The van der Waals surface area contributed by atoms with Crippen LogP contribution in [0.5, 0.6) is 0 Å². The van der Waals surface area contributed by atoms with Crippen LogP contribution in [0.15, 0.2) is 24.3 Å². The number of anilines is 1. The number of carboxylic acids is 1. The molecule has 2 rings (SSSR count). The van der Waals surface area contributed by atoms with Crippen LogP contribution >= 0.6 is 11.6 Å². The lowest BCUT2D eigenvalue weighted by molar-refractivity contribution is -0.147. The summed E-state index contributed by atoms with van der Waals surface area (Å²) in [6.07, 6.45) is 0.379. The Morgan fingerprint density at radius 3 is 2.75 bits per heavy atom. The van der Waals surface area contributed by atoms with Crippen molar-refractivity contribution in [3.63, 3.8) is 0 Å². The molecule has 1 atom stereocenters. The summed E-state index contributed by atoms with van der Waals surface area (Å²) in [4.78, 5) is 35.6. The van der Waals surface area contributed by atoms with Crippen molar-refractivity contribution < 1.29 is 19.5 Å². The molecule has 0 spiro atoms. The van der Waals surface area contributed by atoms with E-state index in [9.17, 15) is 14.4 Å². The Labute approximate surface area is 120 Å². The van der Waals surface area contributed by atoms with Gasteiger partial charge in [0, 0.05) is 6.42 Å². The van der Waals surface area contributed by atoms with Gasteiger partial charge in [-0.15, -0.1) is 0 Å². The first-order chi connectivity index (χ1) is 9.49. The lowest BCUT2D eigenvalue weighted by Gasteiger charge is -2.21. The number of aliphatic carboxylic acids is 1. The van der Waals surface area contributed by atoms with E-state index in [1.165, 1.54) is 0 Å². The smallest absolute Gasteiger partial charge is 0.326 e. The first-order valence-corrected chi connectivity index (χ1v) is 6.43. The zero-order chi connectivity index (χ0) is 14.7. The number of carboxylic acid groups (broad SMARTS) is 1. The molecule has 1 aromatic rings. The van der Waals surface area contributed by atoms with Crippen molar-refractivity contribution in [1.29, 1.82) is 0 Å². The predicted octanol–water partition coefficient (Wildman–Crippen LogP) is 1.35. The second-order valence-corrected chi connectivity index (χ2v) is 4.85. The van der Waals surface area contributed by atoms with Crippen LogP contribution in [0.3, 0.4) is 0 Å². The van der Waals surface area contributed by atoms with E-state index in [0.717, 1.165) is 4.90 Å². The lowest BCUT2D eigenvalue weighted by atomic mass is 10.2. The number of hydrogen-bond donors (Lipinski definition) is 2. The molecule has 1 heterocycles. The molecule has 1 aromatic carbocycles. The molecular weight excluding hydrogens is 284 g/mol. The quantitative estimate of drug-likeness (QED) is 0.878. The molecule has 0 aromatic heterocycles. The van der Waals surface area contributed by atoms with E-state index in [2.05, 4.69) is 5.32 Å². The van der Waals surface area contributed by atoms with Gasteiger partial charge in [0.25, 0.3) is 0 Å². The van der Waals surface area contributed by atoms with E-state index in [0.29, 0.717) is 10.7 Å². The van der Waals surface area contributed by atoms with Crippen LogP contribution in [0.1, 0.15) is 12.8 Å². The molecule has 0 aliphatic carbocycles. The Kier molecular flexibility index (Phi) is 4.24. The number of rotatable bonds is 4. The van der Waals surface area contributed by atoms with E-state index in [1.807, 2.05) is 0 Å². The summed E-state index contributed by atoms with van der Waals surface area (Å²) >= 11 is 5.90. The maximum atomic E-state index is 11.9. The summed E-state index contributed by atoms with van der Waals surface area (Å²) < 4.78 is 0. The number of para-hydroxylation sites is 1. The van der Waals surface area contributed by atoms with Gasteiger partial charge in [-0.1, -0.05) is 23.7 Å². The number of benzene rings is 1. The van der Waals surface area contributed by atoms with E-state index < -0.39 is 17.9 Å². The van der Waals surface area contributed by atoms with Gasteiger partial charge in [-0.3, -0.25) is 9.59 Å². The third-order valence-electron chi connectivity index (χ3n) is 3.08. The molecule has 6 nitrogen and oxygen atoms in total. The molecule has 0 saturated carbocycles. The van der Waals surface area contributed by atoms with E-state index >= 15 is 0 Å². The van der Waals surface area contributed by atoms with Crippen LogP contribution in [0.4, 0.5) is 5.69 Å². The van der Waals surface area contributed by atoms with Crippen molar-refractivity contribution in [2.75, 3.05) is 11.9 Å². The molecule has 1 aliphatic heterocycles. The second kappa shape index (κ2) is 5.92. The molecule has 7 heteroatoms. The third kappa shape index (κ3) is 3.08. The Morgan fingerprint density at radius 2 is 2.10 bits per heavy atom. The Balaban J connectivity index is 2.02.